The van der Waals surface area contributed by atoms with Crippen molar-refractivity contribution in [2.45, 2.75) is 31.7 Å². The molecule has 4 aliphatic carbocycles. The van der Waals surface area contributed by atoms with E-state index in [-0.39, 0.29) is 0 Å². The maximum absolute atomic E-state index is 6.06. The van der Waals surface area contributed by atoms with Gasteiger partial charge in [-0.15, -0.1) is 0 Å². The molecule has 4 rings (SSSR count). The summed E-state index contributed by atoms with van der Waals surface area (Å²) in [5.41, 5.74) is 1.49. The van der Waals surface area contributed by atoms with E-state index in [1.807, 2.05) is 0 Å². The first kappa shape index (κ1) is 14.1. The maximum atomic E-state index is 6.06. The Balaban J connectivity index is 1.47. The van der Waals surface area contributed by atoms with Gasteiger partial charge in [0.1, 0.15) is 0 Å². The fourth-order valence-electron chi connectivity index (χ4n) is 4.91. The molecule has 21 heavy (non-hydrogen) atoms. The zero-order valence-electron chi connectivity index (χ0n) is 12.4. The third-order valence-electron chi connectivity index (χ3n) is 6.07. The highest BCUT2D eigenvalue weighted by Crippen LogP contribution is 2.47. The number of hydrogen-bond acceptors (Lipinski definition) is 0. The molecule has 0 aromatic rings. The average molecular weight is 315 g/mol. The molecule has 4 atom stereocenters. The van der Waals surface area contributed by atoms with Crippen molar-refractivity contribution in [3.63, 3.8) is 0 Å². The molecule has 2 heteroatoms. The number of allylic oxidation sites excluding steroid dienone is 8. The van der Waals surface area contributed by atoms with Crippen LogP contribution in [-0.2, 0) is 0 Å². The highest BCUT2D eigenvalue weighted by molar-refractivity contribution is 6.94. The molecule has 4 aliphatic rings. The predicted octanol–water partition coefficient (Wildman–Crippen LogP) is 5.17. The lowest BCUT2D eigenvalue weighted by Crippen LogP contribution is -2.05. The van der Waals surface area contributed by atoms with Crippen molar-refractivity contribution >= 4 is 19.9 Å². The summed E-state index contributed by atoms with van der Waals surface area (Å²) in [6.07, 6.45) is 22.8. The van der Waals surface area contributed by atoms with Gasteiger partial charge in [-0.3, -0.25) is 0 Å². The van der Waals surface area contributed by atoms with E-state index < -0.39 is 0 Å². The van der Waals surface area contributed by atoms with E-state index in [9.17, 15) is 0 Å². The van der Waals surface area contributed by atoms with Gasteiger partial charge in [-0.25, -0.2) is 0 Å². The van der Waals surface area contributed by atoms with E-state index in [4.69, 9.17) is 11.1 Å². The topological polar surface area (TPSA) is 0 Å². The largest absolute Gasteiger partial charge is 0.176 e. The maximum Gasteiger partial charge on any atom is 0.176 e. The SMILES string of the molecule is Cl[Si]CC(C=CC1C2C=CC1CC2)=CC1C2C=CC1CC2. The van der Waals surface area contributed by atoms with E-state index in [1.165, 1.54) is 31.3 Å². The minimum atomic E-state index is 0.506. The lowest BCUT2D eigenvalue weighted by molar-refractivity contribution is 0.526. The van der Waals surface area contributed by atoms with Gasteiger partial charge in [0.05, 0.1) is 0 Å². The molecule has 0 aliphatic heterocycles. The summed E-state index contributed by atoms with van der Waals surface area (Å²) in [5.74, 6) is 4.77. The van der Waals surface area contributed by atoms with Crippen molar-refractivity contribution in [3.05, 3.63) is 48.1 Å². The van der Waals surface area contributed by atoms with Crippen LogP contribution in [0.5, 0.6) is 0 Å². The number of rotatable bonds is 5. The number of fused-ring (bicyclic) bond motifs is 4. The van der Waals surface area contributed by atoms with Crippen LogP contribution in [0.15, 0.2) is 48.1 Å². The van der Waals surface area contributed by atoms with Crippen LogP contribution in [-0.4, -0.2) is 8.83 Å². The van der Waals surface area contributed by atoms with Crippen LogP contribution in [0.4, 0.5) is 0 Å². The lowest BCUT2D eigenvalue weighted by Gasteiger charge is -2.14. The highest BCUT2D eigenvalue weighted by Gasteiger charge is 2.37. The summed E-state index contributed by atoms with van der Waals surface area (Å²) in [7, 11) is 0.506. The molecular formula is C19H23ClSi. The second kappa shape index (κ2) is 5.93. The standard InChI is InChI=1S/C19H23ClSi/c20-21-12-13(11-19-16-6-7-17(19)9-8-16)1-10-18-14-2-3-15(18)5-4-14/h1-3,6-7,10-11,14-19H,4-5,8-9,12H2. The van der Waals surface area contributed by atoms with Crippen LogP contribution in [0.3, 0.4) is 0 Å². The highest BCUT2D eigenvalue weighted by atomic mass is 35.6. The van der Waals surface area contributed by atoms with Crippen LogP contribution in [0, 0.1) is 35.5 Å². The van der Waals surface area contributed by atoms with Gasteiger partial charge in [0, 0.05) is 0 Å². The molecule has 0 aromatic carbocycles. The molecular weight excluding hydrogens is 292 g/mol. The summed E-state index contributed by atoms with van der Waals surface area (Å²) in [4.78, 5) is 0. The molecule has 0 amide bonds. The van der Waals surface area contributed by atoms with Crippen molar-refractivity contribution in [1.29, 1.82) is 0 Å². The van der Waals surface area contributed by atoms with E-state index >= 15 is 0 Å². The second-order valence-corrected chi connectivity index (χ2v) is 8.57. The summed E-state index contributed by atoms with van der Waals surface area (Å²) < 4.78 is 0. The summed E-state index contributed by atoms with van der Waals surface area (Å²) in [6, 6.07) is 1.05. The smallest absolute Gasteiger partial charge is 0.171 e. The molecule has 2 saturated carbocycles. The van der Waals surface area contributed by atoms with Crippen molar-refractivity contribution < 1.29 is 0 Å². The van der Waals surface area contributed by atoms with Gasteiger partial charge >= 0.3 is 0 Å². The van der Waals surface area contributed by atoms with Crippen molar-refractivity contribution in [2.24, 2.45) is 35.5 Å². The third-order valence-corrected chi connectivity index (χ3v) is 7.01. The molecule has 0 saturated heterocycles. The van der Waals surface area contributed by atoms with Crippen molar-refractivity contribution in [2.75, 3.05) is 0 Å². The third kappa shape index (κ3) is 2.64. The summed E-state index contributed by atoms with van der Waals surface area (Å²) in [5, 5.41) is 0. The normalized spacial score (nSPS) is 43.8. The zero-order chi connectivity index (χ0) is 14.2. The van der Waals surface area contributed by atoms with Crippen molar-refractivity contribution in [1.82, 2.24) is 0 Å². The fraction of sp³-hybridized carbons (Fsp3) is 0.579. The predicted molar refractivity (Wildman–Crippen MR) is 91.3 cm³/mol. The van der Waals surface area contributed by atoms with Crippen LogP contribution < -0.4 is 0 Å². The molecule has 4 unspecified atom stereocenters. The Bertz CT molecular complexity index is 488. The molecule has 0 aromatic heterocycles. The van der Waals surface area contributed by atoms with Crippen LogP contribution >= 0.6 is 11.1 Å². The van der Waals surface area contributed by atoms with Gasteiger partial charge < -0.3 is 0 Å². The monoisotopic (exact) mass is 314 g/mol. The minimum Gasteiger partial charge on any atom is -0.171 e. The minimum absolute atomic E-state index is 0.506. The van der Waals surface area contributed by atoms with E-state index in [2.05, 4.69) is 42.5 Å². The zero-order valence-corrected chi connectivity index (χ0v) is 14.2. The number of hydrogen-bond donors (Lipinski definition) is 0. The molecule has 2 fully saturated rings. The Morgan fingerprint density at radius 1 is 0.905 bits per heavy atom. The Kier molecular flexibility index (Phi) is 3.98. The first-order chi connectivity index (χ1) is 10.3. The van der Waals surface area contributed by atoms with Gasteiger partial charge in [-0.05, 0) is 67.2 Å². The fourth-order valence-corrected chi connectivity index (χ4v) is 5.76. The quantitative estimate of drug-likeness (QED) is 0.284. The van der Waals surface area contributed by atoms with Gasteiger partial charge in [0.25, 0.3) is 0 Å². The summed E-state index contributed by atoms with van der Waals surface area (Å²) in [6.45, 7) is 0. The number of halogens is 1. The molecule has 0 spiro atoms. The summed E-state index contributed by atoms with van der Waals surface area (Å²) >= 11 is 6.06. The van der Waals surface area contributed by atoms with Crippen LogP contribution in [0.1, 0.15) is 25.7 Å². The first-order valence-corrected chi connectivity index (χ1v) is 10.7. The Morgan fingerprint density at radius 2 is 1.43 bits per heavy atom. The van der Waals surface area contributed by atoms with Crippen molar-refractivity contribution in [3.8, 4) is 0 Å². The lowest BCUT2D eigenvalue weighted by atomic mass is 9.92. The first-order valence-electron chi connectivity index (χ1n) is 8.44. The second-order valence-electron chi connectivity index (χ2n) is 7.15. The Hall–Kier alpha value is -0.533. The average Bonchev–Trinajstić information content (AvgIpc) is 3.27. The Labute approximate surface area is 135 Å². The molecule has 2 radical (unpaired) electrons. The molecule has 0 nitrogen and oxygen atoms in total. The molecule has 4 bridgehead atoms. The molecule has 0 heterocycles. The van der Waals surface area contributed by atoms with E-state index in [0.29, 0.717) is 8.83 Å². The molecule has 0 N–H and O–H groups in total. The Morgan fingerprint density at radius 3 is 1.90 bits per heavy atom. The van der Waals surface area contributed by atoms with Gasteiger partial charge in [0.15, 0.2) is 8.83 Å². The molecule has 110 valence electrons. The van der Waals surface area contributed by atoms with Gasteiger partial charge in [-0.2, -0.15) is 11.1 Å². The van der Waals surface area contributed by atoms with Gasteiger partial charge in [0.2, 0.25) is 0 Å². The van der Waals surface area contributed by atoms with Crippen LogP contribution in [0.25, 0.3) is 0 Å². The van der Waals surface area contributed by atoms with E-state index in [0.717, 1.165) is 41.6 Å². The van der Waals surface area contributed by atoms with Gasteiger partial charge in [-0.1, -0.05) is 48.1 Å². The van der Waals surface area contributed by atoms with E-state index in [1.54, 1.807) is 0 Å². The van der Waals surface area contributed by atoms with Crippen LogP contribution in [0.2, 0.25) is 6.04 Å².